The van der Waals surface area contributed by atoms with E-state index in [0.717, 1.165) is 36.8 Å². The second-order valence-corrected chi connectivity index (χ2v) is 13.3. The van der Waals surface area contributed by atoms with E-state index in [4.69, 9.17) is 14.2 Å². The fraction of sp³-hybridized carbons (Fsp3) is 0.538. The number of unbranched alkanes of at least 4 members (excludes halogenated alkanes) is 2. The summed E-state index contributed by atoms with van der Waals surface area (Å²) in [5.74, 6) is -2.41. The molecule has 1 aliphatic carbocycles. The number of rotatable bonds is 19. The van der Waals surface area contributed by atoms with Gasteiger partial charge in [0.1, 0.15) is 18.5 Å². The summed E-state index contributed by atoms with van der Waals surface area (Å²) in [6, 6.07) is 19.8. The minimum Gasteiger partial charge on any atom is -0.457 e. The molecule has 1 aliphatic rings. The maximum Gasteiger partial charge on any atom is 0.509 e. The zero-order valence-electron chi connectivity index (χ0n) is 28.6. The summed E-state index contributed by atoms with van der Waals surface area (Å²) in [7, 11) is 0. The minimum absolute atomic E-state index is 0.00824. The van der Waals surface area contributed by atoms with E-state index < -0.39 is 47.9 Å². The summed E-state index contributed by atoms with van der Waals surface area (Å²) in [6.45, 7) is 4.68. The van der Waals surface area contributed by atoms with E-state index in [1.165, 1.54) is 13.8 Å². The van der Waals surface area contributed by atoms with Gasteiger partial charge in [-0.3, -0.25) is 24.0 Å². The van der Waals surface area contributed by atoms with E-state index in [-0.39, 0.29) is 49.6 Å². The molecular formula is C39H50O9. The van der Waals surface area contributed by atoms with Gasteiger partial charge in [0.15, 0.2) is 17.7 Å². The van der Waals surface area contributed by atoms with Crippen LogP contribution in [0.15, 0.2) is 60.7 Å². The Labute approximate surface area is 284 Å². The third-order valence-corrected chi connectivity index (χ3v) is 8.77. The summed E-state index contributed by atoms with van der Waals surface area (Å²) >= 11 is 0. The number of aryl methyl sites for hydroxylation is 1. The molecule has 0 heterocycles. The SMILES string of the molecule is CCCCCC(CCCC(=O)C(=O)C(C)(C)COC(=O)OC1CCC(=O)CCC1=O)C(=O)O[C@H](CCc1ccccc1)c1ccccc1. The largest absolute Gasteiger partial charge is 0.509 e. The van der Waals surface area contributed by atoms with Crippen LogP contribution in [0.3, 0.4) is 0 Å². The molecule has 2 aromatic carbocycles. The molecule has 3 atom stereocenters. The van der Waals surface area contributed by atoms with Gasteiger partial charge in [-0.05, 0) is 63.5 Å². The van der Waals surface area contributed by atoms with Crippen LogP contribution in [-0.2, 0) is 44.6 Å². The van der Waals surface area contributed by atoms with Crippen molar-refractivity contribution in [1.82, 2.24) is 0 Å². The molecule has 0 aromatic heterocycles. The van der Waals surface area contributed by atoms with E-state index in [2.05, 4.69) is 19.1 Å². The summed E-state index contributed by atoms with van der Waals surface area (Å²) < 4.78 is 16.4. The van der Waals surface area contributed by atoms with Crippen LogP contribution in [-0.4, -0.2) is 48.0 Å². The zero-order chi connectivity index (χ0) is 34.9. The highest BCUT2D eigenvalue weighted by Gasteiger charge is 2.35. The number of carbonyl (C=O) groups is 6. The standard InChI is InChI=1S/C39H50O9/c1-4-5-8-18-30(37(44)47-34(29-16-11-7-12-17-29)25-21-28-14-9-6-10-15-28)19-13-20-33(42)36(43)39(2,3)27-46-38(45)48-35-26-23-31(40)22-24-32(35)41/h6-7,9-12,14-17,30,34-35H,4-5,8,13,18-27H2,1-3H3/t30?,34-,35?/m1/s1. The third-order valence-electron chi connectivity index (χ3n) is 8.77. The Kier molecular flexibility index (Phi) is 15.7. The van der Waals surface area contributed by atoms with Crippen molar-refractivity contribution in [3.05, 3.63) is 71.8 Å². The van der Waals surface area contributed by atoms with Crippen molar-refractivity contribution < 1.29 is 43.0 Å². The second-order valence-electron chi connectivity index (χ2n) is 13.3. The van der Waals surface area contributed by atoms with Gasteiger partial charge in [0.2, 0.25) is 5.78 Å². The Morgan fingerprint density at radius 2 is 1.50 bits per heavy atom. The van der Waals surface area contributed by atoms with Crippen LogP contribution < -0.4 is 0 Å². The molecule has 0 spiro atoms. The molecule has 0 radical (unpaired) electrons. The molecule has 1 saturated carbocycles. The van der Waals surface area contributed by atoms with Gasteiger partial charge in [-0.1, -0.05) is 86.8 Å². The maximum absolute atomic E-state index is 13.6. The number of carbonyl (C=O) groups excluding carboxylic acids is 6. The molecule has 0 saturated heterocycles. The Hall–Kier alpha value is -4.14. The summed E-state index contributed by atoms with van der Waals surface area (Å²) in [5.41, 5.74) is 0.773. The summed E-state index contributed by atoms with van der Waals surface area (Å²) in [4.78, 5) is 75.6. The topological polar surface area (TPSA) is 130 Å². The smallest absolute Gasteiger partial charge is 0.457 e. The first-order chi connectivity index (χ1) is 23.0. The lowest BCUT2D eigenvalue weighted by atomic mass is 9.85. The number of ether oxygens (including phenoxy) is 3. The van der Waals surface area contributed by atoms with Crippen molar-refractivity contribution in [1.29, 1.82) is 0 Å². The van der Waals surface area contributed by atoms with E-state index in [1.807, 2.05) is 48.5 Å². The van der Waals surface area contributed by atoms with Crippen molar-refractivity contribution >= 4 is 35.3 Å². The van der Waals surface area contributed by atoms with Crippen LogP contribution in [0, 0.1) is 11.3 Å². The molecule has 9 heteroatoms. The quantitative estimate of drug-likeness (QED) is 0.0644. The van der Waals surface area contributed by atoms with Crippen LogP contribution in [0.4, 0.5) is 4.79 Å². The number of benzene rings is 2. The Morgan fingerprint density at radius 1 is 0.833 bits per heavy atom. The van der Waals surface area contributed by atoms with Gasteiger partial charge in [-0.15, -0.1) is 0 Å². The molecule has 0 N–H and O–H groups in total. The lowest BCUT2D eigenvalue weighted by Gasteiger charge is -2.23. The fourth-order valence-electron chi connectivity index (χ4n) is 5.74. The number of hydrogen-bond donors (Lipinski definition) is 0. The van der Waals surface area contributed by atoms with E-state index in [0.29, 0.717) is 25.7 Å². The minimum atomic E-state index is -1.32. The first-order valence-electron chi connectivity index (χ1n) is 17.2. The summed E-state index contributed by atoms with van der Waals surface area (Å²) in [5, 5.41) is 0. The molecule has 0 aliphatic heterocycles. The third kappa shape index (κ3) is 12.8. The van der Waals surface area contributed by atoms with Gasteiger partial charge < -0.3 is 14.2 Å². The lowest BCUT2D eigenvalue weighted by molar-refractivity contribution is -0.155. The highest BCUT2D eigenvalue weighted by atomic mass is 16.7. The van der Waals surface area contributed by atoms with Gasteiger partial charge in [0.25, 0.3) is 0 Å². The Bertz CT molecular complexity index is 1370. The van der Waals surface area contributed by atoms with Gasteiger partial charge in [-0.2, -0.15) is 0 Å². The number of hydrogen-bond acceptors (Lipinski definition) is 9. The normalized spacial score (nSPS) is 16.4. The molecule has 0 amide bonds. The first-order valence-corrected chi connectivity index (χ1v) is 17.2. The number of ketones is 4. The average Bonchev–Trinajstić information content (AvgIpc) is 3.24. The molecule has 1 fully saturated rings. The van der Waals surface area contributed by atoms with Gasteiger partial charge in [-0.25, -0.2) is 4.79 Å². The highest BCUT2D eigenvalue weighted by molar-refractivity contribution is 6.39. The lowest BCUT2D eigenvalue weighted by Crippen LogP contribution is -2.37. The second kappa shape index (κ2) is 19.6. The summed E-state index contributed by atoms with van der Waals surface area (Å²) in [6.07, 6.45) is 3.31. The molecular weight excluding hydrogens is 612 g/mol. The van der Waals surface area contributed by atoms with Crippen LogP contribution in [0.5, 0.6) is 0 Å². The Balaban J connectivity index is 1.54. The van der Waals surface area contributed by atoms with Crippen molar-refractivity contribution in [2.75, 3.05) is 6.61 Å². The van der Waals surface area contributed by atoms with Crippen molar-refractivity contribution in [2.45, 2.75) is 116 Å². The average molecular weight is 663 g/mol. The fourth-order valence-corrected chi connectivity index (χ4v) is 5.74. The Morgan fingerprint density at radius 3 is 2.19 bits per heavy atom. The molecule has 9 nitrogen and oxygen atoms in total. The van der Waals surface area contributed by atoms with Crippen LogP contribution in [0.2, 0.25) is 0 Å². The predicted octanol–water partition coefficient (Wildman–Crippen LogP) is 7.67. The van der Waals surface area contributed by atoms with E-state index in [1.54, 1.807) is 0 Å². The van der Waals surface area contributed by atoms with Gasteiger partial charge in [0.05, 0.1) is 11.3 Å². The molecule has 260 valence electrons. The van der Waals surface area contributed by atoms with E-state index >= 15 is 0 Å². The maximum atomic E-state index is 13.6. The highest BCUT2D eigenvalue weighted by Crippen LogP contribution is 2.28. The molecule has 2 unspecified atom stereocenters. The van der Waals surface area contributed by atoms with Crippen LogP contribution in [0.1, 0.15) is 115 Å². The number of esters is 1. The van der Waals surface area contributed by atoms with Gasteiger partial charge in [0, 0.05) is 25.7 Å². The number of Topliss-reactive ketones (excluding diaryl/α,β-unsaturated/α-hetero) is 4. The van der Waals surface area contributed by atoms with Crippen LogP contribution >= 0.6 is 0 Å². The molecule has 0 bridgehead atoms. The first kappa shape index (κ1) is 38.3. The predicted molar refractivity (Wildman–Crippen MR) is 180 cm³/mol. The van der Waals surface area contributed by atoms with Gasteiger partial charge >= 0.3 is 12.1 Å². The molecule has 2 aromatic rings. The monoisotopic (exact) mass is 662 g/mol. The van der Waals surface area contributed by atoms with Crippen LogP contribution in [0.25, 0.3) is 0 Å². The van der Waals surface area contributed by atoms with E-state index in [9.17, 15) is 28.8 Å². The van der Waals surface area contributed by atoms with Crippen molar-refractivity contribution in [3.63, 3.8) is 0 Å². The van der Waals surface area contributed by atoms with Crippen molar-refractivity contribution in [3.8, 4) is 0 Å². The molecule has 3 rings (SSSR count). The molecule has 48 heavy (non-hydrogen) atoms. The zero-order valence-corrected chi connectivity index (χ0v) is 28.6. The van der Waals surface area contributed by atoms with Crippen molar-refractivity contribution in [2.24, 2.45) is 11.3 Å².